The molecule has 0 unspecified atom stereocenters. The molecular formula is C32H36O6S. The van der Waals surface area contributed by atoms with E-state index < -0.39 is 9.84 Å². The molecule has 6 nitrogen and oxygen atoms in total. The van der Waals surface area contributed by atoms with Crippen molar-refractivity contribution in [2.45, 2.75) is 44.9 Å². The first-order valence-corrected chi connectivity index (χ1v) is 15.8. The van der Waals surface area contributed by atoms with Gasteiger partial charge in [-0.2, -0.15) is 0 Å². The van der Waals surface area contributed by atoms with E-state index in [1.54, 1.807) is 0 Å². The van der Waals surface area contributed by atoms with Gasteiger partial charge in [-0.25, -0.2) is 8.42 Å². The van der Waals surface area contributed by atoms with Crippen LogP contribution in [0.5, 0.6) is 11.5 Å². The molecule has 0 aromatic heterocycles. The Kier molecular flexibility index (Phi) is 8.26. The van der Waals surface area contributed by atoms with Crippen molar-refractivity contribution in [1.82, 2.24) is 0 Å². The van der Waals surface area contributed by atoms with E-state index in [4.69, 9.17) is 14.2 Å². The predicted molar refractivity (Wildman–Crippen MR) is 152 cm³/mol. The quantitative estimate of drug-likeness (QED) is 0.231. The fraction of sp³-hybridized carbons (Fsp3) is 0.406. The summed E-state index contributed by atoms with van der Waals surface area (Å²) in [6, 6.07) is 21.2. The highest BCUT2D eigenvalue weighted by Crippen LogP contribution is 2.48. The van der Waals surface area contributed by atoms with E-state index in [1.165, 1.54) is 28.5 Å². The Balaban J connectivity index is 1.22. The summed E-state index contributed by atoms with van der Waals surface area (Å²) in [4.78, 5) is 12.0. The molecule has 1 aliphatic heterocycles. The van der Waals surface area contributed by atoms with Crippen LogP contribution in [0.3, 0.4) is 0 Å². The van der Waals surface area contributed by atoms with Gasteiger partial charge in [-0.15, -0.1) is 0 Å². The summed E-state index contributed by atoms with van der Waals surface area (Å²) >= 11 is 0. The van der Waals surface area contributed by atoms with E-state index >= 15 is 0 Å². The van der Waals surface area contributed by atoms with Gasteiger partial charge in [-0.3, -0.25) is 4.79 Å². The third-order valence-corrected chi connectivity index (χ3v) is 8.49. The van der Waals surface area contributed by atoms with Crippen LogP contribution in [0, 0.1) is 5.92 Å². The molecule has 39 heavy (non-hydrogen) atoms. The van der Waals surface area contributed by atoms with Gasteiger partial charge in [0.25, 0.3) is 0 Å². The van der Waals surface area contributed by atoms with Crippen LogP contribution in [0.2, 0.25) is 0 Å². The van der Waals surface area contributed by atoms with E-state index in [9.17, 15) is 13.2 Å². The summed E-state index contributed by atoms with van der Waals surface area (Å²) in [6.07, 6.45) is 5.23. The monoisotopic (exact) mass is 548 g/mol. The molecule has 1 heterocycles. The second-order valence-corrected chi connectivity index (χ2v) is 12.8. The highest BCUT2D eigenvalue weighted by molar-refractivity contribution is 7.90. The standard InChI is InChI=1S/C32H36O6S/c1-3-36-32(33)30-21-28(30)24-10-7-22(8-11-24)5-6-23-9-14-31-29(19-23)27-13-12-26(20-25(27)15-17-38-31)37-16-4-18-39(2,34)35/h7-14,19-20,28,30H,3-6,15-18,21H2,1-2H3/t28-,30+/m1/s1. The maximum absolute atomic E-state index is 12.0. The molecule has 5 rings (SSSR count). The van der Waals surface area contributed by atoms with Crippen LogP contribution in [0.1, 0.15) is 47.9 Å². The van der Waals surface area contributed by atoms with Gasteiger partial charge in [0.1, 0.15) is 21.3 Å². The Morgan fingerprint density at radius 1 is 0.974 bits per heavy atom. The molecule has 0 bridgehead atoms. The van der Waals surface area contributed by atoms with E-state index in [2.05, 4.69) is 54.6 Å². The molecule has 1 fully saturated rings. The topological polar surface area (TPSA) is 78.9 Å². The van der Waals surface area contributed by atoms with E-state index in [0.717, 1.165) is 48.3 Å². The smallest absolute Gasteiger partial charge is 0.309 e. The fourth-order valence-corrected chi connectivity index (χ4v) is 5.92. The van der Waals surface area contributed by atoms with Crippen LogP contribution >= 0.6 is 0 Å². The number of carbonyl (C=O) groups is 1. The minimum Gasteiger partial charge on any atom is -0.494 e. The molecule has 0 radical (unpaired) electrons. The summed E-state index contributed by atoms with van der Waals surface area (Å²) in [6.45, 7) is 3.25. The fourth-order valence-electron chi connectivity index (χ4n) is 5.27. The second-order valence-electron chi connectivity index (χ2n) is 10.5. The second kappa shape index (κ2) is 11.8. The Morgan fingerprint density at radius 3 is 2.51 bits per heavy atom. The average Bonchev–Trinajstić information content (AvgIpc) is 3.73. The van der Waals surface area contributed by atoms with Crippen molar-refractivity contribution >= 4 is 15.8 Å². The molecule has 2 atom stereocenters. The molecule has 0 amide bonds. The Bertz CT molecular complexity index is 1430. The van der Waals surface area contributed by atoms with Crippen molar-refractivity contribution in [3.63, 3.8) is 0 Å². The lowest BCUT2D eigenvalue weighted by molar-refractivity contribution is -0.144. The van der Waals surface area contributed by atoms with Crippen LogP contribution in [0.4, 0.5) is 0 Å². The number of ether oxygens (including phenoxy) is 3. The van der Waals surface area contributed by atoms with Crippen LogP contribution in [0.15, 0.2) is 60.7 Å². The Labute approximate surface area is 231 Å². The highest BCUT2D eigenvalue weighted by Gasteiger charge is 2.45. The van der Waals surface area contributed by atoms with Crippen LogP contribution in [0.25, 0.3) is 11.1 Å². The van der Waals surface area contributed by atoms with E-state index in [1.807, 2.05) is 13.0 Å². The van der Waals surface area contributed by atoms with Crippen molar-refractivity contribution in [1.29, 1.82) is 0 Å². The average molecular weight is 549 g/mol. The first kappa shape index (κ1) is 27.3. The van der Waals surface area contributed by atoms with E-state index in [0.29, 0.717) is 32.2 Å². The molecule has 3 aromatic rings. The van der Waals surface area contributed by atoms with Gasteiger partial charge in [0.2, 0.25) is 0 Å². The number of benzene rings is 3. The zero-order chi connectivity index (χ0) is 27.4. The number of aryl methyl sites for hydroxylation is 2. The molecule has 1 aliphatic carbocycles. The highest BCUT2D eigenvalue weighted by atomic mass is 32.2. The van der Waals surface area contributed by atoms with Gasteiger partial charge in [0, 0.05) is 18.2 Å². The number of carbonyl (C=O) groups excluding carboxylic acids is 1. The van der Waals surface area contributed by atoms with Crippen LogP contribution in [-0.2, 0) is 38.6 Å². The minimum absolute atomic E-state index is 0.0167. The lowest BCUT2D eigenvalue weighted by Crippen LogP contribution is -2.08. The summed E-state index contributed by atoms with van der Waals surface area (Å²) in [5.41, 5.74) is 7.16. The molecule has 0 spiro atoms. The van der Waals surface area contributed by atoms with Crippen molar-refractivity contribution in [2.24, 2.45) is 5.92 Å². The normalized spacial score (nSPS) is 17.8. The first-order chi connectivity index (χ1) is 18.8. The SMILES string of the molecule is CCOC(=O)[C@H]1C[C@@H]1c1ccc(CCc2ccc3c(c2)-c2ccc(OCCCS(C)(=O)=O)cc2CCO3)cc1. The van der Waals surface area contributed by atoms with Gasteiger partial charge >= 0.3 is 5.97 Å². The number of hydrogen-bond acceptors (Lipinski definition) is 6. The molecule has 0 saturated heterocycles. The molecule has 1 saturated carbocycles. The third kappa shape index (κ3) is 7.01. The van der Waals surface area contributed by atoms with Gasteiger partial charge in [-0.05, 0) is 90.6 Å². The van der Waals surface area contributed by atoms with Crippen LogP contribution < -0.4 is 9.47 Å². The summed E-state index contributed by atoms with van der Waals surface area (Å²) in [5.74, 6) is 2.01. The summed E-state index contributed by atoms with van der Waals surface area (Å²) in [7, 11) is -2.98. The largest absolute Gasteiger partial charge is 0.494 e. The molecule has 2 aliphatic rings. The zero-order valence-corrected chi connectivity index (χ0v) is 23.5. The Hall–Kier alpha value is -3.32. The van der Waals surface area contributed by atoms with Crippen molar-refractivity contribution in [2.75, 3.05) is 31.8 Å². The number of hydrogen-bond donors (Lipinski definition) is 0. The van der Waals surface area contributed by atoms with E-state index in [-0.39, 0.29) is 17.6 Å². The maximum Gasteiger partial charge on any atom is 0.309 e. The number of fused-ring (bicyclic) bond motifs is 3. The van der Waals surface area contributed by atoms with Gasteiger partial charge in [-0.1, -0.05) is 36.4 Å². The summed E-state index contributed by atoms with van der Waals surface area (Å²) < 4.78 is 39.8. The van der Waals surface area contributed by atoms with Crippen LogP contribution in [-0.4, -0.2) is 46.2 Å². The number of sulfone groups is 1. The number of esters is 1. The molecule has 0 N–H and O–H groups in total. The number of rotatable bonds is 11. The van der Waals surface area contributed by atoms with Crippen molar-refractivity contribution < 1.29 is 27.4 Å². The molecular weight excluding hydrogens is 512 g/mol. The molecule has 3 aromatic carbocycles. The van der Waals surface area contributed by atoms with Gasteiger partial charge < -0.3 is 14.2 Å². The maximum atomic E-state index is 12.0. The third-order valence-electron chi connectivity index (χ3n) is 7.46. The predicted octanol–water partition coefficient (Wildman–Crippen LogP) is 5.55. The van der Waals surface area contributed by atoms with Gasteiger partial charge in [0.15, 0.2) is 0 Å². The summed E-state index contributed by atoms with van der Waals surface area (Å²) in [5, 5.41) is 0. The Morgan fingerprint density at radius 2 is 1.74 bits per heavy atom. The van der Waals surface area contributed by atoms with Crippen molar-refractivity contribution in [3.05, 3.63) is 82.9 Å². The van der Waals surface area contributed by atoms with Gasteiger partial charge in [0.05, 0.1) is 31.5 Å². The first-order valence-electron chi connectivity index (χ1n) is 13.8. The minimum atomic E-state index is -2.98. The molecule has 206 valence electrons. The lowest BCUT2D eigenvalue weighted by Gasteiger charge is -2.13. The lowest BCUT2D eigenvalue weighted by atomic mass is 9.94. The molecule has 7 heteroatoms. The zero-order valence-electron chi connectivity index (χ0n) is 22.6. The van der Waals surface area contributed by atoms with Crippen molar-refractivity contribution in [3.8, 4) is 22.6 Å².